The molecular weight excluding hydrogens is 276 g/mol. The van der Waals surface area contributed by atoms with Crippen molar-refractivity contribution >= 4 is 15.7 Å². The molecule has 2 rings (SSSR count). The van der Waals surface area contributed by atoms with E-state index in [9.17, 15) is 13.2 Å². The van der Waals surface area contributed by atoms with Crippen molar-refractivity contribution in [2.24, 2.45) is 0 Å². The monoisotopic (exact) mass is 302 g/mol. The smallest absolute Gasteiger partial charge is 0.224 e. The number of nitrogens with one attached hydrogen (secondary N) is 1. The van der Waals surface area contributed by atoms with Gasteiger partial charge in [-0.05, 0) is 32.2 Å². The van der Waals surface area contributed by atoms with E-state index in [0.29, 0.717) is 19.4 Å². The predicted molar refractivity (Wildman–Crippen MR) is 79.3 cm³/mol. The number of hydrogen-bond donors (Lipinski definition) is 1. The number of carbonyl (C=O) groups excluding carboxylic acids is 1. The molecule has 116 valence electrons. The molecule has 0 aromatic rings. The van der Waals surface area contributed by atoms with E-state index in [0.717, 1.165) is 32.2 Å². The molecule has 2 heterocycles. The summed E-state index contributed by atoms with van der Waals surface area (Å²) in [4.78, 5) is 14.3. The first kappa shape index (κ1) is 15.8. The molecule has 0 aromatic heterocycles. The lowest BCUT2D eigenvalue weighted by molar-refractivity contribution is -0.133. The molecule has 0 radical (unpaired) electrons. The van der Waals surface area contributed by atoms with Crippen LogP contribution in [0.4, 0.5) is 0 Å². The van der Waals surface area contributed by atoms with Crippen LogP contribution in [0.25, 0.3) is 0 Å². The summed E-state index contributed by atoms with van der Waals surface area (Å²) in [6.07, 6.45) is 5.27. The van der Waals surface area contributed by atoms with Crippen LogP contribution in [0.2, 0.25) is 0 Å². The van der Waals surface area contributed by atoms with Crippen LogP contribution in [-0.4, -0.2) is 55.9 Å². The maximum absolute atomic E-state index is 12.5. The van der Waals surface area contributed by atoms with E-state index in [1.54, 1.807) is 0 Å². The molecule has 0 spiro atoms. The summed E-state index contributed by atoms with van der Waals surface area (Å²) in [7, 11) is -2.94. The summed E-state index contributed by atoms with van der Waals surface area (Å²) in [5.41, 5.74) is 0. The number of unbranched alkanes of at least 4 members (excludes halogenated alkanes) is 1. The lowest BCUT2D eigenvalue weighted by Crippen LogP contribution is -2.43. The van der Waals surface area contributed by atoms with Crippen LogP contribution in [-0.2, 0) is 14.6 Å². The fraction of sp³-hybridized carbons (Fsp3) is 0.929. The third kappa shape index (κ3) is 4.19. The van der Waals surface area contributed by atoms with Gasteiger partial charge in [-0.3, -0.25) is 4.79 Å². The molecule has 1 N–H and O–H groups in total. The molecule has 2 aliphatic rings. The second-order valence-corrected chi connectivity index (χ2v) is 8.22. The molecule has 2 unspecified atom stereocenters. The van der Waals surface area contributed by atoms with E-state index in [1.165, 1.54) is 0 Å². The minimum atomic E-state index is -2.94. The zero-order chi connectivity index (χ0) is 14.6. The topological polar surface area (TPSA) is 66.5 Å². The first-order valence-electron chi connectivity index (χ1n) is 7.75. The van der Waals surface area contributed by atoms with Crippen LogP contribution in [0, 0.1) is 0 Å². The standard InChI is InChI=1S/C14H26N2O3S/c1-2-3-8-16(13-6-9-20(18,19)11-13)14(17)10-12-5-4-7-15-12/h12-13,15H,2-11H2,1H3. The molecule has 2 fully saturated rings. The van der Waals surface area contributed by atoms with Crippen molar-refractivity contribution in [3.63, 3.8) is 0 Å². The normalized spacial score (nSPS) is 28.6. The minimum Gasteiger partial charge on any atom is -0.339 e. The van der Waals surface area contributed by atoms with Crippen molar-refractivity contribution in [1.29, 1.82) is 0 Å². The highest BCUT2D eigenvalue weighted by Gasteiger charge is 2.35. The highest BCUT2D eigenvalue weighted by atomic mass is 32.2. The summed E-state index contributed by atoms with van der Waals surface area (Å²) in [6.45, 7) is 3.78. The van der Waals surface area contributed by atoms with E-state index in [2.05, 4.69) is 12.2 Å². The first-order chi connectivity index (χ1) is 9.52. The Morgan fingerprint density at radius 2 is 2.15 bits per heavy atom. The van der Waals surface area contributed by atoms with E-state index >= 15 is 0 Å². The van der Waals surface area contributed by atoms with Gasteiger partial charge in [-0.25, -0.2) is 8.42 Å². The Bertz CT molecular complexity index is 430. The molecule has 2 saturated heterocycles. The summed E-state index contributed by atoms with van der Waals surface area (Å²) in [5, 5.41) is 3.34. The molecule has 2 aliphatic heterocycles. The second kappa shape index (κ2) is 6.89. The molecule has 2 atom stereocenters. The Hall–Kier alpha value is -0.620. The molecule has 0 aliphatic carbocycles. The summed E-state index contributed by atoms with van der Waals surface area (Å²) >= 11 is 0. The van der Waals surface area contributed by atoms with Crippen molar-refractivity contribution in [3.05, 3.63) is 0 Å². The van der Waals surface area contributed by atoms with Crippen molar-refractivity contribution in [3.8, 4) is 0 Å². The number of amides is 1. The lowest BCUT2D eigenvalue weighted by atomic mass is 10.1. The SMILES string of the molecule is CCCCN(C(=O)CC1CCCN1)C1CCS(=O)(=O)C1. The Morgan fingerprint density at radius 1 is 1.35 bits per heavy atom. The summed E-state index contributed by atoms with van der Waals surface area (Å²) in [6, 6.07) is 0.185. The van der Waals surface area contributed by atoms with Gasteiger partial charge in [0.05, 0.1) is 11.5 Å². The van der Waals surface area contributed by atoms with Gasteiger partial charge in [-0.1, -0.05) is 13.3 Å². The van der Waals surface area contributed by atoms with Gasteiger partial charge in [0, 0.05) is 25.0 Å². The zero-order valence-electron chi connectivity index (χ0n) is 12.3. The van der Waals surface area contributed by atoms with Crippen LogP contribution < -0.4 is 5.32 Å². The number of nitrogens with zero attached hydrogens (tertiary/aromatic N) is 1. The number of rotatable bonds is 6. The first-order valence-corrected chi connectivity index (χ1v) is 9.57. The van der Waals surface area contributed by atoms with Gasteiger partial charge >= 0.3 is 0 Å². The average Bonchev–Trinajstić information content (AvgIpc) is 3.00. The minimum absolute atomic E-state index is 0.0968. The third-order valence-electron chi connectivity index (χ3n) is 4.31. The molecule has 20 heavy (non-hydrogen) atoms. The van der Waals surface area contributed by atoms with Gasteiger partial charge in [0.15, 0.2) is 9.84 Å². The number of hydrogen-bond acceptors (Lipinski definition) is 4. The number of carbonyl (C=O) groups is 1. The van der Waals surface area contributed by atoms with Crippen molar-refractivity contribution in [2.75, 3.05) is 24.6 Å². The Balaban J connectivity index is 1.96. The van der Waals surface area contributed by atoms with Gasteiger partial charge in [-0.15, -0.1) is 0 Å². The third-order valence-corrected chi connectivity index (χ3v) is 6.06. The van der Waals surface area contributed by atoms with Crippen LogP contribution >= 0.6 is 0 Å². The predicted octanol–water partition coefficient (Wildman–Crippen LogP) is 0.944. The van der Waals surface area contributed by atoms with Crippen LogP contribution in [0.5, 0.6) is 0 Å². The van der Waals surface area contributed by atoms with E-state index in [-0.39, 0.29) is 29.5 Å². The molecule has 6 heteroatoms. The largest absolute Gasteiger partial charge is 0.339 e. The second-order valence-electron chi connectivity index (χ2n) is 5.99. The van der Waals surface area contributed by atoms with E-state index in [4.69, 9.17) is 0 Å². The highest BCUT2D eigenvalue weighted by Crippen LogP contribution is 2.20. The quantitative estimate of drug-likeness (QED) is 0.793. The van der Waals surface area contributed by atoms with E-state index < -0.39 is 9.84 Å². The molecular formula is C14H26N2O3S. The highest BCUT2D eigenvalue weighted by molar-refractivity contribution is 7.91. The molecule has 5 nitrogen and oxygen atoms in total. The zero-order valence-corrected chi connectivity index (χ0v) is 13.1. The van der Waals surface area contributed by atoms with Gasteiger partial charge in [-0.2, -0.15) is 0 Å². The lowest BCUT2D eigenvalue weighted by Gasteiger charge is -2.29. The molecule has 1 amide bonds. The Kier molecular flexibility index (Phi) is 5.43. The van der Waals surface area contributed by atoms with Gasteiger partial charge in [0.2, 0.25) is 5.91 Å². The van der Waals surface area contributed by atoms with Gasteiger partial charge in [0.1, 0.15) is 0 Å². The number of sulfone groups is 1. The van der Waals surface area contributed by atoms with Crippen molar-refractivity contribution in [2.45, 2.75) is 57.5 Å². The fourth-order valence-electron chi connectivity index (χ4n) is 3.12. The van der Waals surface area contributed by atoms with Crippen LogP contribution in [0.3, 0.4) is 0 Å². The average molecular weight is 302 g/mol. The molecule has 0 bridgehead atoms. The maximum Gasteiger partial charge on any atom is 0.224 e. The van der Waals surface area contributed by atoms with Crippen LogP contribution in [0.1, 0.15) is 45.4 Å². The van der Waals surface area contributed by atoms with Crippen molar-refractivity contribution < 1.29 is 13.2 Å². The maximum atomic E-state index is 12.5. The Morgan fingerprint density at radius 3 is 2.70 bits per heavy atom. The molecule has 0 aromatic carbocycles. The molecule has 0 saturated carbocycles. The van der Waals surface area contributed by atoms with E-state index in [1.807, 2.05) is 4.90 Å². The van der Waals surface area contributed by atoms with Crippen LogP contribution in [0.15, 0.2) is 0 Å². The Labute approximate surface area is 122 Å². The summed E-state index contributed by atoms with van der Waals surface area (Å²) < 4.78 is 23.3. The van der Waals surface area contributed by atoms with Gasteiger partial charge < -0.3 is 10.2 Å². The summed E-state index contributed by atoms with van der Waals surface area (Å²) in [5.74, 6) is 0.510. The van der Waals surface area contributed by atoms with Gasteiger partial charge in [0.25, 0.3) is 0 Å². The fourth-order valence-corrected chi connectivity index (χ4v) is 4.85. The van der Waals surface area contributed by atoms with Crippen molar-refractivity contribution in [1.82, 2.24) is 10.2 Å².